The summed E-state index contributed by atoms with van der Waals surface area (Å²) >= 11 is 0. The second-order valence-electron chi connectivity index (χ2n) is 5.46. The van der Waals surface area contributed by atoms with E-state index in [9.17, 15) is 4.79 Å². The number of rotatable bonds is 6. The molecule has 1 amide bonds. The Morgan fingerprint density at radius 1 is 1.04 bits per heavy atom. The Kier molecular flexibility index (Phi) is 14.7. The van der Waals surface area contributed by atoms with Gasteiger partial charge in [0.25, 0.3) is 0 Å². The lowest BCUT2D eigenvalue weighted by Gasteiger charge is -2.34. The molecule has 0 atom stereocenters. The Morgan fingerprint density at radius 3 is 2.12 bits per heavy atom. The highest BCUT2D eigenvalue weighted by molar-refractivity contribution is 5.86. The lowest BCUT2D eigenvalue weighted by Crippen LogP contribution is -2.45. The van der Waals surface area contributed by atoms with Crippen LogP contribution >= 0.6 is 37.2 Å². The molecule has 0 aromatic heterocycles. The maximum absolute atomic E-state index is 11.3. The van der Waals surface area contributed by atoms with Gasteiger partial charge < -0.3 is 16.0 Å². The van der Waals surface area contributed by atoms with Crippen molar-refractivity contribution in [3.8, 4) is 0 Å². The molecule has 1 fully saturated rings. The second-order valence-corrected chi connectivity index (χ2v) is 5.46. The molecule has 2 rings (SSSR count). The van der Waals surface area contributed by atoms with Gasteiger partial charge >= 0.3 is 0 Å². The van der Waals surface area contributed by atoms with Crippen LogP contribution < -0.4 is 11.1 Å². The first-order chi connectivity index (χ1) is 10.2. The Bertz CT molecular complexity index is 468. The minimum atomic E-state index is -0.110. The molecule has 0 saturated carbocycles. The van der Waals surface area contributed by atoms with Crippen LogP contribution in [0, 0.1) is 0 Å². The van der Waals surface area contributed by atoms with Gasteiger partial charge in [-0.2, -0.15) is 0 Å². The van der Waals surface area contributed by atoms with Crippen LogP contribution in [0.2, 0.25) is 0 Å². The van der Waals surface area contributed by atoms with Crippen LogP contribution in [-0.2, 0) is 17.9 Å². The van der Waals surface area contributed by atoms with Crippen LogP contribution in [0.4, 0.5) is 0 Å². The number of hydrogen-bond donors (Lipinski definition) is 2. The van der Waals surface area contributed by atoms with E-state index in [0.717, 1.165) is 39.3 Å². The Morgan fingerprint density at radius 2 is 1.58 bits per heavy atom. The Labute approximate surface area is 163 Å². The maximum atomic E-state index is 11.3. The summed E-state index contributed by atoms with van der Waals surface area (Å²) in [5.41, 5.74) is 7.79. The van der Waals surface area contributed by atoms with Crippen molar-refractivity contribution in [3.63, 3.8) is 0 Å². The summed E-state index contributed by atoms with van der Waals surface area (Å²) < 4.78 is 0. The lowest BCUT2D eigenvalue weighted by molar-refractivity contribution is -0.119. The van der Waals surface area contributed by atoms with Gasteiger partial charge in [-0.25, -0.2) is 0 Å². The zero-order valence-corrected chi connectivity index (χ0v) is 16.5. The minimum absolute atomic E-state index is 0. The normalized spacial score (nSPS) is 14.8. The van der Waals surface area contributed by atoms with Gasteiger partial charge in [-0.3, -0.25) is 9.69 Å². The molecule has 1 aliphatic rings. The molecule has 1 saturated heterocycles. The molecule has 5 nitrogen and oxygen atoms in total. The van der Waals surface area contributed by atoms with E-state index in [1.807, 2.05) is 6.07 Å². The first kappa shape index (κ1) is 25.7. The van der Waals surface area contributed by atoms with Crippen molar-refractivity contribution in [1.82, 2.24) is 15.1 Å². The molecule has 0 radical (unpaired) electrons. The highest BCUT2D eigenvalue weighted by atomic mass is 35.5. The van der Waals surface area contributed by atoms with E-state index in [-0.39, 0.29) is 49.7 Å². The summed E-state index contributed by atoms with van der Waals surface area (Å²) in [6, 6.07) is 8.30. The molecule has 0 unspecified atom stereocenters. The van der Waals surface area contributed by atoms with Gasteiger partial charge in [0.1, 0.15) is 0 Å². The fourth-order valence-electron chi connectivity index (χ4n) is 2.65. The van der Waals surface area contributed by atoms with Crippen LogP contribution in [0.25, 0.3) is 0 Å². The molecule has 8 heteroatoms. The van der Waals surface area contributed by atoms with Gasteiger partial charge in [0.15, 0.2) is 0 Å². The van der Waals surface area contributed by atoms with Crippen LogP contribution in [0.1, 0.15) is 18.1 Å². The minimum Gasteiger partial charge on any atom is -0.351 e. The van der Waals surface area contributed by atoms with E-state index in [1.165, 1.54) is 11.1 Å². The van der Waals surface area contributed by atoms with Gasteiger partial charge in [-0.05, 0) is 17.7 Å². The quantitative estimate of drug-likeness (QED) is 0.764. The van der Waals surface area contributed by atoms with Crippen molar-refractivity contribution in [2.45, 2.75) is 20.0 Å². The number of carbonyl (C=O) groups is 1. The van der Waals surface area contributed by atoms with Gasteiger partial charge in [-0.1, -0.05) is 31.2 Å². The van der Waals surface area contributed by atoms with E-state index in [1.54, 1.807) is 0 Å². The molecular weight excluding hydrogens is 371 g/mol. The number of likely N-dealkylation sites (N-methyl/N-ethyl adjacent to an activating group) is 1. The van der Waals surface area contributed by atoms with Crippen molar-refractivity contribution in [3.05, 3.63) is 35.4 Å². The fraction of sp³-hybridized carbons (Fsp3) is 0.562. The molecule has 1 aromatic rings. The van der Waals surface area contributed by atoms with Crippen molar-refractivity contribution in [2.24, 2.45) is 5.73 Å². The van der Waals surface area contributed by atoms with E-state index < -0.39 is 0 Å². The summed E-state index contributed by atoms with van der Waals surface area (Å²) in [4.78, 5) is 16.3. The van der Waals surface area contributed by atoms with E-state index in [2.05, 4.69) is 40.2 Å². The molecule has 0 spiro atoms. The standard InChI is InChI=1S/C16H26N4O.3ClH/c1-2-19-7-9-20(10-8-19)13-15-6-4-3-5-14(15)12-18-16(21)11-17;;;/h3-6H,2,7-13,17H2,1H3,(H,18,21);3*1H. The first-order valence-electron chi connectivity index (χ1n) is 7.71. The summed E-state index contributed by atoms with van der Waals surface area (Å²) in [6.07, 6.45) is 0. The van der Waals surface area contributed by atoms with Gasteiger partial charge in [0.2, 0.25) is 5.91 Å². The first-order valence-corrected chi connectivity index (χ1v) is 7.71. The molecule has 3 N–H and O–H groups in total. The number of amides is 1. The number of nitrogens with zero attached hydrogens (tertiary/aromatic N) is 2. The molecule has 1 heterocycles. The third-order valence-electron chi connectivity index (χ3n) is 4.09. The number of halogens is 3. The monoisotopic (exact) mass is 398 g/mol. The predicted octanol–water partition coefficient (Wildman–Crippen LogP) is 1.66. The van der Waals surface area contributed by atoms with Crippen LogP contribution in [0.3, 0.4) is 0 Å². The smallest absolute Gasteiger partial charge is 0.234 e. The number of piperazine rings is 1. The molecule has 24 heavy (non-hydrogen) atoms. The average Bonchev–Trinajstić information content (AvgIpc) is 2.54. The number of hydrogen-bond acceptors (Lipinski definition) is 4. The van der Waals surface area contributed by atoms with Gasteiger partial charge in [-0.15, -0.1) is 37.2 Å². The van der Waals surface area contributed by atoms with Crippen molar-refractivity contribution < 1.29 is 4.79 Å². The summed E-state index contributed by atoms with van der Waals surface area (Å²) in [6.45, 7) is 9.40. The van der Waals surface area contributed by atoms with Crippen molar-refractivity contribution >= 4 is 43.1 Å². The second kappa shape index (κ2) is 13.7. The zero-order chi connectivity index (χ0) is 15.1. The maximum Gasteiger partial charge on any atom is 0.234 e. The Hall–Kier alpha value is -0.560. The number of nitrogens with one attached hydrogen (secondary N) is 1. The van der Waals surface area contributed by atoms with Gasteiger partial charge in [0, 0.05) is 39.3 Å². The highest BCUT2D eigenvalue weighted by Gasteiger charge is 2.16. The molecule has 1 aliphatic heterocycles. The van der Waals surface area contributed by atoms with Crippen LogP contribution in [0.15, 0.2) is 24.3 Å². The number of nitrogens with two attached hydrogens (primary N) is 1. The third kappa shape index (κ3) is 8.01. The summed E-state index contributed by atoms with van der Waals surface area (Å²) in [7, 11) is 0. The average molecular weight is 400 g/mol. The van der Waals surface area contributed by atoms with Crippen LogP contribution in [0.5, 0.6) is 0 Å². The molecule has 1 aromatic carbocycles. The zero-order valence-electron chi connectivity index (χ0n) is 14.1. The highest BCUT2D eigenvalue weighted by Crippen LogP contribution is 2.13. The summed E-state index contributed by atoms with van der Waals surface area (Å²) in [5.74, 6) is -0.110. The van der Waals surface area contributed by atoms with E-state index >= 15 is 0 Å². The number of benzene rings is 1. The molecule has 0 aliphatic carbocycles. The van der Waals surface area contributed by atoms with Crippen molar-refractivity contribution in [1.29, 1.82) is 0 Å². The molecular formula is C16H29Cl3N4O. The topological polar surface area (TPSA) is 61.6 Å². The number of carbonyl (C=O) groups excluding carboxylic acids is 1. The molecule has 0 bridgehead atoms. The summed E-state index contributed by atoms with van der Waals surface area (Å²) in [5, 5.41) is 2.85. The predicted molar refractivity (Wildman–Crippen MR) is 106 cm³/mol. The molecule has 140 valence electrons. The van der Waals surface area contributed by atoms with E-state index in [0.29, 0.717) is 6.54 Å². The third-order valence-corrected chi connectivity index (χ3v) is 4.09. The fourth-order valence-corrected chi connectivity index (χ4v) is 2.65. The van der Waals surface area contributed by atoms with Crippen molar-refractivity contribution in [2.75, 3.05) is 39.3 Å². The largest absolute Gasteiger partial charge is 0.351 e. The SMILES string of the molecule is CCN1CCN(Cc2ccccc2CNC(=O)CN)CC1.Cl.Cl.Cl. The van der Waals surface area contributed by atoms with E-state index in [4.69, 9.17) is 5.73 Å². The lowest BCUT2D eigenvalue weighted by atomic mass is 10.1. The van der Waals surface area contributed by atoms with Crippen LogP contribution in [-0.4, -0.2) is 55.0 Å². The Balaban J connectivity index is 0. The van der Waals surface area contributed by atoms with Gasteiger partial charge in [0.05, 0.1) is 6.54 Å².